The normalized spacial score (nSPS) is 21.2. The smallest absolute Gasteiger partial charge is 0.225 e. The van der Waals surface area contributed by atoms with Crippen LogP contribution in [-0.2, 0) is 18.0 Å². The van der Waals surface area contributed by atoms with Crippen molar-refractivity contribution in [1.82, 2.24) is 9.97 Å². The van der Waals surface area contributed by atoms with E-state index in [9.17, 15) is 0 Å². The third-order valence-corrected chi connectivity index (χ3v) is 3.26. The van der Waals surface area contributed by atoms with Crippen molar-refractivity contribution in [2.45, 2.75) is 32.1 Å². The molecule has 86 valence electrons. The van der Waals surface area contributed by atoms with Gasteiger partial charge in [0.05, 0.1) is 18.9 Å². The van der Waals surface area contributed by atoms with E-state index in [1.54, 1.807) is 0 Å². The van der Waals surface area contributed by atoms with Gasteiger partial charge in [0.25, 0.3) is 0 Å². The molecular weight excluding hydrogens is 204 g/mol. The molecule has 1 aromatic rings. The summed E-state index contributed by atoms with van der Waals surface area (Å²) in [5.74, 6) is 0.830. The topological polar surface area (TPSA) is 64.3 Å². The number of piperidine rings is 1. The van der Waals surface area contributed by atoms with Crippen molar-refractivity contribution in [1.29, 1.82) is 0 Å². The van der Waals surface area contributed by atoms with Crippen molar-refractivity contribution in [2.75, 3.05) is 18.0 Å². The van der Waals surface area contributed by atoms with Crippen LogP contribution < -0.4 is 10.6 Å². The molecule has 1 saturated heterocycles. The molecule has 0 saturated carbocycles. The third kappa shape index (κ3) is 1.76. The van der Waals surface area contributed by atoms with Crippen LogP contribution in [-0.4, -0.2) is 29.1 Å². The van der Waals surface area contributed by atoms with E-state index in [2.05, 4.69) is 14.9 Å². The number of rotatable bonds is 1. The fourth-order valence-electron chi connectivity index (χ4n) is 2.19. The Labute approximate surface area is 94.6 Å². The fourth-order valence-corrected chi connectivity index (χ4v) is 2.19. The molecule has 0 spiro atoms. The summed E-state index contributed by atoms with van der Waals surface area (Å²) in [7, 11) is 0. The van der Waals surface area contributed by atoms with Crippen molar-refractivity contribution < 1.29 is 4.74 Å². The van der Waals surface area contributed by atoms with Crippen LogP contribution in [0.15, 0.2) is 6.20 Å². The molecule has 0 atom stereocenters. The van der Waals surface area contributed by atoms with Crippen LogP contribution in [0.3, 0.4) is 0 Å². The maximum Gasteiger partial charge on any atom is 0.225 e. The molecule has 0 amide bonds. The third-order valence-electron chi connectivity index (χ3n) is 3.26. The SMILES string of the molecule is NC1CCN(c2ncc3c(n2)COC3)CC1. The molecule has 1 aromatic heterocycles. The van der Waals surface area contributed by atoms with E-state index in [0.717, 1.165) is 43.1 Å². The standard InChI is InChI=1S/C11H16N4O/c12-9-1-3-15(4-2-9)11-13-5-8-6-16-7-10(8)14-11/h5,9H,1-4,6-7,12H2. The summed E-state index contributed by atoms with van der Waals surface area (Å²) >= 11 is 0. The highest BCUT2D eigenvalue weighted by Gasteiger charge is 2.20. The number of nitrogens with zero attached hydrogens (tertiary/aromatic N) is 3. The lowest BCUT2D eigenvalue weighted by molar-refractivity contribution is 0.133. The fraction of sp³-hybridized carbons (Fsp3) is 0.636. The maximum atomic E-state index is 5.88. The minimum absolute atomic E-state index is 0.342. The second-order valence-electron chi connectivity index (χ2n) is 4.46. The molecule has 2 N–H and O–H groups in total. The zero-order chi connectivity index (χ0) is 11.0. The van der Waals surface area contributed by atoms with Crippen molar-refractivity contribution in [2.24, 2.45) is 5.73 Å². The van der Waals surface area contributed by atoms with Gasteiger partial charge in [-0.05, 0) is 12.8 Å². The van der Waals surface area contributed by atoms with Gasteiger partial charge in [-0.2, -0.15) is 0 Å². The van der Waals surface area contributed by atoms with Crippen LogP contribution in [0.25, 0.3) is 0 Å². The minimum Gasteiger partial charge on any atom is -0.370 e. The second-order valence-corrected chi connectivity index (χ2v) is 4.46. The Bertz CT molecular complexity index is 388. The lowest BCUT2D eigenvalue weighted by Crippen LogP contribution is -2.40. The average molecular weight is 220 g/mol. The Morgan fingerprint density at radius 1 is 1.31 bits per heavy atom. The maximum absolute atomic E-state index is 5.88. The molecule has 0 unspecified atom stereocenters. The number of anilines is 1. The molecule has 1 fully saturated rings. The molecule has 5 heteroatoms. The Morgan fingerprint density at radius 3 is 2.94 bits per heavy atom. The number of hydrogen-bond acceptors (Lipinski definition) is 5. The van der Waals surface area contributed by atoms with E-state index in [-0.39, 0.29) is 0 Å². The quantitative estimate of drug-likeness (QED) is 0.743. The summed E-state index contributed by atoms with van der Waals surface area (Å²) in [6.45, 7) is 3.19. The van der Waals surface area contributed by atoms with Crippen molar-refractivity contribution in [3.63, 3.8) is 0 Å². The van der Waals surface area contributed by atoms with Crippen LogP contribution in [0.4, 0.5) is 5.95 Å². The molecule has 2 aliphatic heterocycles. The van der Waals surface area contributed by atoms with Gasteiger partial charge in [-0.25, -0.2) is 9.97 Å². The van der Waals surface area contributed by atoms with E-state index in [1.165, 1.54) is 0 Å². The molecule has 3 heterocycles. The summed E-state index contributed by atoms with van der Waals surface area (Å²) < 4.78 is 5.33. The van der Waals surface area contributed by atoms with Gasteiger partial charge in [0, 0.05) is 30.9 Å². The predicted molar refractivity (Wildman–Crippen MR) is 59.9 cm³/mol. The van der Waals surface area contributed by atoms with Gasteiger partial charge in [0.15, 0.2) is 0 Å². The van der Waals surface area contributed by atoms with Crippen LogP contribution in [0.1, 0.15) is 24.1 Å². The van der Waals surface area contributed by atoms with Gasteiger partial charge in [-0.15, -0.1) is 0 Å². The Hall–Kier alpha value is -1.20. The van der Waals surface area contributed by atoms with Gasteiger partial charge >= 0.3 is 0 Å². The average Bonchev–Trinajstić information content (AvgIpc) is 2.77. The summed E-state index contributed by atoms with van der Waals surface area (Å²) in [6, 6.07) is 0.342. The summed E-state index contributed by atoms with van der Waals surface area (Å²) in [6.07, 6.45) is 3.94. The monoisotopic (exact) mass is 220 g/mol. The number of ether oxygens (including phenoxy) is 1. The highest BCUT2D eigenvalue weighted by molar-refractivity contribution is 5.34. The highest BCUT2D eigenvalue weighted by atomic mass is 16.5. The van der Waals surface area contributed by atoms with E-state index in [0.29, 0.717) is 19.3 Å². The number of hydrogen-bond donors (Lipinski definition) is 1. The molecular formula is C11H16N4O. The Morgan fingerprint density at radius 2 is 2.12 bits per heavy atom. The predicted octanol–water partition coefficient (Wildman–Crippen LogP) is 0.434. The Kier molecular flexibility index (Phi) is 2.49. The first-order valence-electron chi connectivity index (χ1n) is 5.76. The van der Waals surface area contributed by atoms with Crippen molar-refractivity contribution in [3.05, 3.63) is 17.5 Å². The lowest BCUT2D eigenvalue weighted by Gasteiger charge is -2.30. The number of aromatic nitrogens is 2. The first kappa shape index (κ1) is 9.99. The van der Waals surface area contributed by atoms with E-state index < -0.39 is 0 Å². The molecule has 0 radical (unpaired) electrons. The van der Waals surface area contributed by atoms with Crippen molar-refractivity contribution >= 4 is 5.95 Å². The van der Waals surface area contributed by atoms with Gasteiger partial charge in [-0.3, -0.25) is 0 Å². The minimum atomic E-state index is 0.342. The van der Waals surface area contributed by atoms with E-state index in [1.807, 2.05) is 6.20 Å². The second kappa shape index (κ2) is 3.99. The summed E-state index contributed by atoms with van der Waals surface area (Å²) in [5, 5.41) is 0. The van der Waals surface area contributed by atoms with Crippen molar-refractivity contribution in [3.8, 4) is 0 Å². The Balaban J connectivity index is 1.79. The van der Waals surface area contributed by atoms with Crippen LogP contribution >= 0.6 is 0 Å². The van der Waals surface area contributed by atoms with Gasteiger partial charge < -0.3 is 15.4 Å². The molecule has 5 nitrogen and oxygen atoms in total. The van der Waals surface area contributed by atoms with Gasteiger partial charge in [0.2, 0.25) is 5.95 Å². The first-order valence-corrected chi connectivity index (χ1v) is 5.76. The van der Waals surface area contributed by atoms with Gasteiger partial charge in [0.1, 0.15) is 0 Å². The van der Waals surface area contributed by atoms with E-state index >= 15 is 0 Å². The van der Waals surface area contributed by atoms with Crippen LogP contribution in [0.2, 0.25) is 0 Å². The summed E-state index contributed by atoms with van der Waals surface area (Å²) in [5.41, 5.74) is 8.04. The number of fused-ring (bicyclic) bond motifs is 1. The molecule has 16 heavy (non-hydrogen) atoms. The zero-order valence-electron chi connectivity index (χ0n) is 9.22. The molecule has 2 aliphatic rings. The van der Waals surface area contributed by atoms with Crippen LogP contribution in [0, 0.1) is 0 Å². The van der Waals surface area contributed by atoms with Gasteiger partial charge in [-0.1, -0.05) is 0 Å². The number of nitrogens with two attached hydrogens (primary N) is 1. The molecule has 0 bridgehead atoms. The highest BCUT2D eigenvalue weighted by Crippen LogP contribution is 2.21. The zero-order valence-corrected chi connectivity index (χ0v) is 9.22. The lowest BCUT2D eigenvalue weighted by atomic mass is 10.1. The molecule has 3 rings (SSSR count). The molecule has 0 aliphatic carbocycles. The molecule has 0 aromatic carbocycles. The first-order chi connectivity index (χ1) is 7.83. The van der Waals surface area contributed by atoms with Crippen LogP contribution in [0.5, 0.6) is 0 Å². The summed E-state index contributed by atoms with van der Waals surface area (Å²) in [4.78, 5) is 11.2. The largest absolute Gasteiger partial charge is 0.370 e. The van der Waals surface area contributed by atoms with E-state index in [4.69, 9.17) is 10.5 Å².